The quantitative estimate of drug-likeness (QED) is 0.163. The van der Waals surface area contributed by atoms with E-state index in [2.05, 4.69) is 45.2 Å². The zero-order valence-corrected chi connectivity index (χ0v) is 41.2. The molecule has 15 rings (SSSR count). The lowest BCUT2D eigenvalue weighted by atomic mass is 9.85. The number of anilines is 1. The zero-order chi connectivity index (χ0) is 54.8. The molecule has 12 aromatic rings. The Morgan fingerprint density at radius 3 is 1.99 bits per heavy atom. The summed E-state index contributed by atoms with van der Waals surface area (Å²) in [5.41, 5.74) is 8.68. The number of carbonyl (C=O) groups is 1. The molecule has 26 heteroatoms. The lowest BCUT2D eigenvalue weighted by Gasteiger charge is -2.18. The molecule has 0 saturated heterocycles. The lowest BCUT2D eigenvalue weighted by molar-refractivity contribution is -0.808. The van der Waals surface area contributed by atoms with E-state index in [1.165, 1.54) is 24.3 Å². The molecule has 0 spiro atoms. The van der Waals surface area contributed by atoms with E-state index in [1.807, 2.05) is 54.7 Å². The number of aromatic nitrogens is 14. The molecular formula is C54H37F2N15O9. The topological polar surface area (TPSA) is 295 Å². The van der Waals surface area contributed by atoms with Gasteiger partial charge in [-0.25, -0.2) is 8.78 Å². The van der Waals surface area contributed by atoms with Crippen LogP contribution in [-0.4, -0.2) is 50.7 Å². The molecule has 1 atom stereocenters. The highest BCUT2D eigenvalue weighted by Gasteiger charge is 2.45. The summed E-state index contributed by atoms with van der Waals surface area (Å²) in [7, 11) is 0. The maximum Gasteiger partial charge on any atom is 0.303 e. The van der Waals surface area contributed by atoms with Crippen LogP contribution in [0.15, 0.2) is 166 Å². The van der Waals surface area contributed by atoms with Crippen molar-refractivity contribution in [2.24, 2.45) is 0 Å². The molecule has 0 radical (unpaired) electrons. The van der Waals surface area contributed by atoms with Gasteiger partial charge in [0, 0.05) is 60.4 Å². The minimum Gasteiger partial charge on any atom is -0.692 e. The minimum absolute atomic E-state index is 0.00811. The third kappa shape index (κ3) is 8.29. The monoisotopic (exact) mass is 1080 g/mol. The van der Waals surface area contributed by atoms with E-state index in [1.54, 1.807) is 77.6 Å². The molecule has 0 bridgehead atoms. The highest BCUT2D eigenvalue weighted by atomic mass is 19.1. The Morgan fingerprint density at radius 2 is 1.23 bits per heavy atom. The van der Waals surface area contributed by atoms with Gasteiger partial charge in [0.25, 0.3) is 11.6 Å². The molecule has 0 aliphatic heterocycles. The van der Waals surface area contributed by atoms with Gasteiger partial charge in [-0.05, 0) is 109 Å². The van der Waals surface area contributed by atoms with Crippen LogP contribution in [0.25, 0.3) is 62.0 Å². The van der Waals surface area contributed by atoms with Gasteiger partial charge in [-0.15, -0.1) is 9.69 Å². The van der Waals surface area contributed by atoms with Crippen molar-refractivity contribution in [1.29, 1.82) is 0 Å². The normalized spacial score (nSPS) is 13.6. The van der Waals surface area contributed by atoms with Gasteiger partial charge in [-0.1, -0.05) is 66.7 Å². The third-order valence-electron chi connectivity index (χ3n) is 14.0. The lowest BCUT2D eigenvalue weighted by Crippen LogP contribution is -2.43. The second-order valence-electron chi connectivity index (χ2n) is 18.6. The van der Waals surface area contributed by atoms with Crippen molar-refractivity contribution < 1.29 is 51.9 Å². The average Bonchev–Trinajstić information content (AvgIpc) is 4.40. The Hall–Kier alpha value is -11.2. The number of para-hydroxylation sites is 2. The van der Waals surface area contributed by atoms with E-state index in [0.29, 0.717) is 107 Å². The fraction of sp³-hybridized carbons (Fsp3) is 0.111. The first-order valence-electron chi connectivity index (χ1n) is 24.7. The number of rotatable bonds is 6. The van der Waals surface area contributed by atoms with Crippen molar-refractivity contribution >= 4 is 22.5 Å². The van der Waals surface area contributed by atoms with E-state index < -0.39 is 11.7 Å². The molecule has 1 unspecified atom stereocenters. The van der Waals surface area contributed by atoms with Gasteiger partial charge in [0.1, 0.15) is 11.5 Å². The van der Waals surface area contributed by atoms with Crippen molar-refractivity contribution in [3.8, 4) is 51.1 Å². The van der Waals surface area contributed by atoms with Gasteiger partial charge in [-0.2, -0.15) is 0 Å². The van der Waals surface area contributed by atoms with Gasteiger partial charge in [0.05, 0.1) is 48.9 Å². The summed E-state index contributed by atoms with van der Waals surface area (Å²) in [5, 5.41) is 84.7. The summed E-state index contributed by atoms with van der Waals surface area (Å²) >= 11 is 0. The molecule has 1 N–H and O–H groups in total. The van der Waals surface area contributed by atoms with Crippen LogP contribution in [0.2, 0.25) is 0 Å². The standard InChI is InChI=1S/C22H15N7O4.C18H12FN5O3.C14H10FN3O2/c30-22(24-17-8-2-7-16-15(17)6-3-11-23-16)13-4-1-5-14(12-13)27-25-20-18(28(27)31)9-10-19-21(20)26-33-29(19)32;19-13-8-4-5-9-14(13)22-20-17-16-15(24(26)27-21-16)10-12(18(17)23(22)25)11-6-2-1-3-7-11;15-11-3-1-2-4-12(11)17-7-9-5-6-13-14(10(9)8-17)16-20-18(13)19/h1-8,11-12H,9-10H2,(H,24,30);1-9,12H,10H2;1-4,7-8H,5-6H2. The summed E-state index contributed by atoms with van der Waals surface area (Å²) in [6.45, 7) is 0. The Morgan fingerprint density at radius 1 is 0.588 bits per heavy atom. The second-order valence-corrected chi connectivity index (χ2v) is 18.6. The minimum atomic E-state index is -0.586. The highest BCUT2D eigenvalue weighted by molar-refractivity contribution is 6.08. The van der Waals surface area contributed by atoms with Crippen LogP contribution in [0, 0.1) is 37.7 Å². The highest BCUT2D eigenvalue weighted by Crippen LogP contribution is 2.39. The van der Waals surface area contributed by atoms with Crippen LogP contribution in [0.5, 0.6) is 0 Å². The molecule has 1 amide bonds. The van der Waals surface area contributed by atoms with Crippen molar-refractivity contribution in [1.82, 2.24) is 44.8 Å². The van der Waals surface area contributed by atoms with E-state index in [9.17, 15) is 39.6 Å². The smallest absolute Gasteiger partial charge is 0.303 e. The van der Waals surface area contributed by atoms with Gasteiger partial charge >= 0.3 is 22.8 Å². The van der Waals surface area contributed by atoms with Crippen molar-refractivity contribution in [3.63, 3.8) is 0 Å². The van der Waals surface area contributed by atoms with E-state index in [-0.39, 0.29) is 46.6 Å². The van der Waals surface area contributed by atoms with Gasteiger partial charge in [-0.3, -0.25) is 23.7 Å². The number of benzene rings is 5. The Bertz CT molecular complexity index is 4370. The first-order chi connectivity index (χ1) is 39.0. The average molecular weight is 1080 g/mol. The molecule has 3 aliphatic carbocycles. The van der Waals surface area contributed by atoms with E-state index in [0.717, 1.165) is 37.2 Å². The van der Waals surface area contributed by atoms with Crippen molar-refractivity contribution in [3.05, 3.63) is 235 Å². The predicted octanol–water partition coefficient (Wildman–Crippen LogP) is 5.32. The van der Waals surface area contributed by atoms with E-state index >= 15 is 0 Å². The number of nitrogens with zero attached hydrogens (tertiary/aromatic N) is 14. The van der Waals surface area contributed by atoms with Gasteiger partial charge in [0.2, 0.25) is 17.1 Å². The number of aryl methyl sites for hydroxylation is 1. The Balaban J connectivity index is 0.000000117. The fourth-order valence-electron chi connectivity index (χ4n) is 10.2. The summed E-state index contributed by atoms with van der Waals surface area (Å²) in [6.07, 6.45) is 7.52. The summed E-state index contributed by atoms with van der Waals surface area (Å²) in [6, 6.07) is 37.4. The molecular weight excluding hydrogens is 1040 g/mol. The van der Waals surface area contributed by atoms with Crippen LogP contribution >= 0.6 is 0 Å². The molecule has 3 aliphatic rings. The maximum atomic E-state index is 14.2. The molecule has 80 heavy (non-hydrogen) atoms. The largest absolute Gasteiger partial charge is 0.692 e. The number of hydrogen-bond acceptors (Lipinski definition) is 15. The molecule has 24 nitrogen and oxygen atoms in total. The van der Waals surface area contributed by atoms with Gasteiger partial charge in [0.15, 0.2) is 22.9 Å². The number of amides is 1. The molecule has 7 aromatic heterocycles. The second kappa shape index (κ2) is 19.4. The Labute approximate surface area is 447 Å². The van der Waals surface area contributed by atoms with Crippen molar-refractivity contribution in [2.45, 2.75) is 38.0 Å². The third-order valence-corrected chi connectivity index (χ3v) is 14.0. The van der Waals surface area contributed by atoms with E-state index in [4.69, 9.17) is 4.63 Å². The molecule has 7 heterocycles. The number of carbonyl (C=O) groups excluding carboxylic acids is 1. The number of fused-ring (bicyclic) bond motifs is 10. The zero-order valence-electron chi connectivity index (χ0n) is 41.2. The van der Waals surface area contributed by atoms with Crippen LogP contribution in [0.1, 0.15) is 55.9 Å². The maximum absolute atomic E-state index is 14.2. The summed E-state index contributed by atoms with van der Waals surface area (Å²) in [5.74, 6) is -1.66. The number of halogens is 2. The van der Waals surface area contributed by atoms with Crippen LogP contribution in [0.4, 0.5) is 14.5 Å². The first kappa shape index (κ1) is 48.5. The number of hydrogen-bond donors (Lipinski definition) is 1. The van der Waals surface area contributed by atoms with Crippen molar-refractivity contribution in [2.75, 3.05) is 5.32 Å². The van der Waals surface area contributed by atoms with Crippen LogP contribution < -0.4 is 29.7 Å². The number of pyridine rings is 1. The molecule has 5 aromatic carbocycles. The van der Waals surface area contributed by atoms with Crippen LogP contribution in [0.3, 0.4) is 0 Å². The fourth-order valence-corrected chi connectivity index (χ4v) is 10.2. The number of nitrogens with one attached hydrogen (secondary N) is 1. The molecule has 396 valence electrons. The summed E-state index contributed by atoms with van der Waals surface area (Å²) < 4.78 is 43.8. The SMILES string of the molecule is O=C(Nc1cccc2ncccc12)c1cccc(-n2nc3c([n+]2[O-])CCc2c-3no[n+]2[O-])c1.[O-][n+]1onc2c1CC(c1ccccc1)c1c-2nn(-c2ccccc2F)[n+]1[O-].[O-][n+]1onc2c1CCc1cn(-c3ccccc3F)cc1-2. The molecule has 0 saturated carbocycles. The summed E-state index contributed by atoms with van der Waals surface area (Å²) in [4.78, 5) is 21.7. The Kier molecular flexibility index (Phi) is 11.8. The predicted molar refractivity (Wildman–Crippen MR) is 271 cm³/mol. The molecule has 0 fully saturated rings. The first-order valence-corrected chi connectivity index (χ1v) is 24.7. The van der Waals surface area contributed by atoms with Gasteiger partial charge < -0.3 is 35.9 Å². The van der Waals surface area contributed by atoms with Crippen LogP contribution in [-0.2, 0) is 32.1 Å².